The number of benzene rings is 2. The molecular weight excluding hydrogens is 306 g/mol. The van der Waals surface area contributed by atoms with E-state index in [1.807, 2.05) is 0 Å². The summed E-state index contributed by atoms with van der Waals surface area (Å²) < 4.78 is 32.6. The van der Waals surface area contributed by atoms with Gasteiger partial charge in [0.2, 0.25) is 0 Å². The summed E-state index contributed by atoms with van der Waals surface area (Å²) in [4.78, 5) is 22.6. The van der Waals surface area contributed by atoms with Gasteiger partial charge in [-0.25, -0.2) is 13.6 Å². The fraction of sp³-hybridized carbons (Fsp3) is 0.0625. The molecule has 0 aromatic heterocycles. The second-order valence-corrected chi connectivity index (χ2v) is 4.57. The molecule has 0 fully saturated rings. The van der Waals surface area contributed by atoms with Crippen LogP contribution in [0.1, 0.15) is 26.3 Å². The smallest absolute Gasteiger partial charge is 0.340 e. The summed E-state index contributed by atoms with van der Waals surface area (Å²) in [6, 6.07) is 5.55. The fourth-order valence-corrected chi connectivity index (χ4v) is 2.11. The van der Waals surface area contributed by atoms with Gasteiger partial charge in [0.1, 0.15) is 24.0 Å². The SMILES string of the molecule is COC(=O)c1cc(F)cc(-c2cc(C=O)cc(C#N)c2F)c1N. The second kappa shape index (κ2) is 6.23. The number of esters is 1. The molecule has 2 aromatic carbocycles. The molecule has 0 aliphatic heterocycles. The summed E-state index contributed by atoms with van der Waals surface area (Å²) >= 11 is 0. The largest absolute Gasteiger partial charge is 0.465 e. The Morgan fingerprint density at radius 1 is 1.26 bits per heavy atom. The van der Waals surface area contributed by atoms with Gasteiger partial charge in [-0.05, 0) is 24.3 Å². The van der Waals surface area contributed by atoms with E-state index in [2.05, 4.69) is 4.74 Å². The lowest BCUT2D eigenvalue weighted by atomic mass is 9.96. The van der Waals surface area contributed by atoms with Crippen molar-refractivity contribution in [2.75, 3.05) is 12.8 Å². The van der Waals surface area contributed by atoms with E-state index < -0.39 is 23.2 Å². The third-order valence-corrected chi connectivity index (χ3v) is 3.19. The van der Waals surface area contributed by atoms with Crippen molar-refractivity contribution in [1.29, 1.82) is 5.26 Å². The van der Waals surface area contributed by atoms with E-state index in [1.165, 1.54) is 0 Å². The van der Waals surface area contributed by atoms with Gasteiger partial charge in [0, 0.05) is 16.7 Å². The van der Waals surface area contributed by atoms with Crippen LogP contribution in [0.15, 0.2) is 24.3 Å². The van der Waals surface area contributed by atoms with Crippen molar-refractivity contribution in [3.05, 3.63) is 52.6 Å². The molecule has 2 aromatic rings. The molecule has 2 N–H and O–H groups in total. The van der Waals surface area contributed by atoms with E-state index in [0.29, 0.717) is 6.29 Å². The zero-order valence-corrected chi connectivity index (χ0v) is 11.9. The highest BCUT2D eigenvalue weighted by Gasteiger charge is 2.20. The van der Waals surface area contributed by atoms with E-state index >= 15 is 0 Å². The standard InChI is InChI=1S/C16H10F2N2O3/c1-23-16(22)13-5-10(17)4-12(15(13)20)11-3-8(7-21)2-9(6-19)14(11)18/h2-5,7H,20H2,1H3. The van der Waals surface area contributed by atoms with Crippen LogP contribution in [0, 0.1) is 23.0 Å². The molecule has 116 valence electrons. The van der Waals surface area contributed by atoms with Gasteiger partial charge in [-0.1, -0.05) is 0 Å². The highest BCUT2D eigenvalue weighted by Crippen LogP contribution is 2.33. The van der Waals surface area contributed by atoms with Crippen LogP contribution in [-0.4, -0.2) is 19.4 Å². The average Bonchev–Trinajstić information content (AvgIpc) is 2.56. The molecule has 0 radical (unpaired) electrons. The highest BCUT2D eigenvalue weighted by molar-refractivity contribution is 5.99. The van der Waals surface area contributed by atoms with Crippen LogP contribution >= 0.6 is 0 Å². The van der Waals surface area contributed by atoms with E-state index in [1.54, 1.807) is 6.07 Å². The quantitative estimate of drug-likeness (QED) is 0.534. The summed E-state index contributed by atoms with van der Waals surface area (Å²) in [7, 11) is 1.09. The first-order chi connectivity index (χ1) is 10.9. The van der Waals surface area contributed by atoms with Crippen LogP contribution in [0.3, 0.4) is 0 Å². The van der Waals surface area contributed by atoms with E-state index in [-0.39, 0.29) is 27.9 Å². The topological polar surface area (TPSA) is 93.2 Å². The number of nitriles is 1. The molecular formula is C16H10F2N2O3. The Kier molecular flexibility index (Phi) is 4.37. The lowest BCUT2D eigenvalue weighted by Gasteiger charge is -2.12. The number of rotatable bonds is 3. The monoisotopic (exact) mass is 316 g/mol. The van der Waals surface area contributed by atoms with Crippen molar-refractivity contribution >= 4 is 17.9 Å². The van der Waals surface area contributed by atoms with Gasteiger partial charge in [0.15, 0.2) is 0 Å². The lowest BCUT2D eigenvalue weighted by Crippen LogP contribution is -2.08. The van der Waals surface area contributed by atoms with Crippen LogP contribution in [0.2, 0.25) is 0 Å². The number of anilines is 1. The number of ether oxygens (including phenoxy) is 1. The number of nitrogens with two attached hydrogens (primary N) is 1. The molecule has 23 heavy (non-hydrogen) atoms. The molecule has 2 rings (SSSR count). The number of hydrogen-bond donors (Lipinski definition) is 1. The molecule has 0 unspecified atom stereocenters. The van der Waals surface area contributed by atoms with Crippen LogP contribution < -0.4 is 5.73 Å². The Hall–Kier alpha value is -3.27. The van der Waals surface area contributed by atoms with E-state index in [4.69, 9.17) is 11.0 Å². The van der Waals surface area contributed by atoms with Gasteiger partial charge in [-0.15, -0.1) is 0 Å². The number of aldehydes is 1. The minimum Gasteiger partial charge on any atom is -0.465 e. The molecule has 0 atom stereocenters. The van der Waals surface area contributed by atoms with Gasteiger partial charge in [0.05, 0.1) is 23.9 Å². The molecule has 0 aliphatic rings. The molecule has 0 aliphatic carbocycles. The minimum absolute atomic E-state index is 0.0150. The summed E-state index contributed by atoms with van der Waals surface area (Å²) in [6.07, 6.45) is 0.417. The number of nitrogen functional groups attached to an aromatic ring is 1. The van der Waals surface area contributed by atoms with Gasteiger partial charge < -0.3 is 10.5 Å². The summed E-state index contributed by atoms with van der Waals surface area (Å²) in [5, 5.41) is 8.93. The molecule has 0 heterocycles. The van der Waals surface area contributed by atoms with Crippen LogP contribution in [0.4, 0.5) is 14.5 Å². The second-order valence-electron chi connectivity index (χ2n) is 4.57. The Morgan fingerprint density at radius 2 is 1.96 bits per heavy atom. The van der Waals surface area contributed by atoms with Gasteiger partial charge in [-0.2, -0.15) is 5.26 Å². The Bertz CT molecular complexity index is 857. The predicted octanol–water partition coefficient (Wildman–Crippen LogP) is 2.68. The number of nitrogens with zero attached hydrogens (tertiary/aromatic N) is 1. The van der Waals surface area contributed by atoms with Crippen LogP contribution in [0.25, 0.3) is 11.1 Å². The van der Waals surface area contributed by atoms with Crippen molar-refractivity contribution in [3.63, 3.8) is 0 Å². The van der Waals surface area contributed by atoms with Crippen molar-refractivity contribution < 1.29 is 23.1 Å². The number of hydrogen-bond acceptors (Lipinski definition) is 5. The first-order valence-corrected chi connectivity index (χ1v) is 6.29. The normalized spacial score (nSPS) is 10.0. The van der Waals surface area contributed by atoms with E-state index in [0.717, 1.165) is 31.4 Å². The summed E-state index contributed by atoms with van der Waals surface area (Å²) in [5.74, 6) is -2.70. The molecule has 0 spiro atoms. The van der Waals surface area contributed by atoms with Crippen molar-refractivity contribution in [2.24, 2.45) is 0 Å². The number of carbonyl (C=O) groups excluding carboxylic acids is 2. The maximum Gasteiger partial charge on any atom is 0.340 e. The van der Waals surface area contributed by atoms with Crippen molar-refractivity contribution in [2.45, 2.75) is 0 Å². The van der Waals surface area contributed by atoms with Gasteiger partial charge >= 0.3 is 5.97 Å². The average molecular weight is 316 g/mol. The molecule has 0 amide bonds. The maximum atomic E-state index is 14.4. The summed E-state index contributed by atoms with van der Waals surface area (Å²) in [5.41, 5.74) is 4.52. The van der Waals surface area contributed by atoms with Crippen LogP contribution in [0.5, 0.6) is 0 Å². The Morgan fingerprint density at radius 3 is 2.52 bits per heavy atom. The zero-order valence-electron chi connectivity index (χ0n) is 11.9. The third-order valence-electron chi connectivity index (χ3n) is 3.19. The Balaban J connectivity index is 2.82. The minimum atomic E-state index is -0.966. The summed E-state index contributed by atoms with van der Waals surface area (Å²) in [6.45, 7) is 0. The predicted molar refractivity (Wildman–Crippen MR) is 77.6 cm³/mol. The Labute approximate surface area is 129 Å². The number of methoxy groups -OCH3 is 1. The third kappa shape index (κ3) is 2.87. The van der Waals surface area contributed by atoms with Crippen molar-refractivity contribution in [3.8, 4) is 17.2 Å². The van der Waals surface area contributed by atoms with Gasteiger partial charge in [-0.3, -0.25) is 4.79 Å². The lowest BCUT2D eigenvalue weighted by molar-refractivity contribution is 0.0601. The van der Waals surface area contributed by atoms with Crippen molar-refractivity contribution in [1.82, 2.24) is 0 Å². The first kappa shape index (κ1) is 16.1. The highest BCUT2D eigenvalue weighted by atomic mass is 19.1. The first-order valence-electron chi connectivity index (χ1n) is 6.29. The van der Waals surface area contributed by atoms with Crippen LogP contribution in [-0.2, 0) is 4.74 Å². The zero-order chi connectivity index (χ0) is 17.1. The fourth-order valence-electron chi connectivity index (χ4n) is 2.11. The number of halogens is 2. The molecule has 0 bridgehead atoms. The molecule has 0 saturated heterocycles. The van der Waals surface area contributed by atoms with E-state index in [9.17, 15) is 18.4 Å². The van der Waals surface area contributed by atoms with Gasteiger partial charge in [0.25, 0.3) is 0 Å². The maximum absolute atomic E-state index is 14.4. The molecule has 5 nitrogen and oxygen atoms in total. The molecule has 7 heteroatoms. The number of carbonyl (C=O) groups is 2. The molecule has 0 saturated carbocycles.